The molecule has 4 heteroatoms. The average Bonchev–Trinajstić information content (AvgIpc) is 2.67. The van der Waals surface area contributed by atoms with E-state index in [9.17, 15) is 4.79 Å². The number of nitrogens with one attached hydrogen (secondary N) is 1. The lowest BCUT2D eigenvalue weighted by atomic mass is 10.1. The first kappa shape index (κ1) is 17.2. The van der Waals surface area contributed by atoms with Gasteiger partial charge in [-0.25, -0.2) is 0 Å². The predicted molar refractivity (Wildman–Crippen MR) is 106 cm³/mol. The van der Waals surface area contributed by atoms with Crippen LogP contribution >= 0.6 is 0 Å². The first-order chi connectivity index (χ1) is 12.1. The Labute approximate surface area is 149 Å². The zero-order valence-electron chi connectivity index (χ0n) is 14.9. The van der Waals surface area contributed by atoms with Crippen LogP contribution in [-0.4, -0.2) is 46.1 Å². The molecular weight excluding hydrogens is 310 g/mol. The van der Waals surface area contributed by atoms with Crippen LogP contribution in [0.2, 0.25) is 0 Å². The molecule has 0 unspecified atom stereocenters. The molecule has 1 N–H and O–H groups in total. The Morgan fingerprint density at radius 2 is 1.80 bits per heavy atom. The van der Waals surface area contributed by atoms with E-state index in [1.807, 2.05) is 50.5 Å². The Hall–Kier alpha value is -2.59. The number of ketones is 1. The van der Waals surface area contributed by atoms with Gasteiger partial charge in [0.05, 0.1) is 0 Å². The van der Waals surface area contributed by atoms with Crippen LogP contribution in [-0.2, 0) is 0 Å². The second-order valence-electron chi connectivity index (χ2n) is 6.44. The monoisotopic (exact) mass is 335 g/mol. The second kappa shape index (κ2) is 7.99. The Kier molecular flexibility index (Phi) is 5.51. The average molecular weight is 335 g/mol. The first-order valence-corrected chi connectivity index (χ1v) is 8.69. The highest BCUT2D eigenvalue weighted by Crippen LogP contribution is 2.27. The Morgan fingerprint density at radius 1 is 1.08 bits per heavy atom. The van der Waals surface area contributed by atoms with Crippen LogP contribution in [0.3, 0.4) is 0 Å². The minimum atomic E-state index is 0.0245. The van der Waals surface area contributed by atoms with E-state index < -0.39 is 0 Å². The van der Waals surface area contributed by atoms with Crippen molar-refractivity contribution in [3.63, 3.8) is 0 Å². The van der Waals surface area contributed by atoms with E-state index in [0.29, 0.717) is 5.56 Å². The van der Waals surface area contributed by atoms with Gasteiger partial charge >= 0.3 is 0 Å². The van der Waals surface area contributed by atoms with Gasteiger partial charge in [-0.2, -0.15) is 0 Å². The molecule has 1 aliphatic rings. The normalized spacial score (nSPS) is 14.7. The summed E-state index contributed by atoms with van der Waals surface area (Å²) in [6, 6.07) is 15.8. The van der Waals surface area contributed by atoms with E-state index in [2.05, 4.69) is 33.3 Å². The molecule has 2 aromatic rings. The van der Waals surface area contributed by atoms with Crippen molar-refractivity contribution in [1.82, 2.24) is 5.32 Å². The molecule has 0 spiro atoms. The van der Waals surface area contributed by atoms with Crippen LogP contribution in [0.25, 0.3) is 6.08 Å². The van der Waals surface area contributed by atoms with Gasteiger partial charge in [0.1, 0.15) is 0 Å². The zero-order valence-corrected chi connectivity index (χ0v) is 14.9. The molecule has 2 aromatic carbocycles. The third-order valence-electron chi connectivity index (χ3n) is 4.45. The molecule has 25 heavy (non-hydrogen) atoms. The highest BCUT2D eigenvalue weighted by Gasteiger charge is 2.13. The van der Waals surface area contributed by atoms with Crippen LogP contribution in [0, 0.1) is 0 Å². The predicted octanol–water partition coefficient (Wildman–Crippen LogP) is 3.06. The van der Waals surface area contributed by atoms with E-state index >= 15 is 0 Å². The quantitative estimate of drug-likeness (QED) is 0.673. The summed E-state index contributed by atoms with van der Waals surface area (Å²) in [5, 5.41) is 3.38. The van der Waals surface area contributed by atoms with Gasteiger partial charge in [0.15, 0.2) is 5.78 Å². The summed E-state index contributed by atoms with van der Waals surface area (Å²) in [5.74, 6) is 0.0245. The molecule has 3 rings (SSSR count). The van der Waals surface area contributed by atoms with Crippen molar-refractivity contribution < 1.29 is 4.79 Å². The highest BCUT2D eigenvalue weighted by atomic mass is 16.1. The molecule has 1 saturated heterocycles. The lowest BCUT2D eigenvalue weighted by Gasteiger charge is -2.30. The van der Waals surface area contributed by atoms with Gasteiger partial charge in [-0.3, -0.25) is 4.79 Å². The van der Waals surface area contributed by atoms with Gasteiger partial charge in [0, 0.05) is 57.2 Å². The van der Waals surface area contributed by atoms with Gasteiger partial charge < -0.3 is 15.1 Å². The molecule has 1 fully saturated rings. The van der Waals surface area contributed by atoms with Crippen LogP contribution in [0.1, 0.15) is 15.9 Å². The number of piperazine rings is 1. The fraction of sp³-hybridized carbons (Fsp3) is 0.286. The molecular formula is C21H25N3O. The summed E-state index contributed by atoms with van der Waals surface area (Å²) in [7, 11) is 4.07. The minimum Gasteiger partial charge on any atom is -0.377 e. The summed E-state index contributed by atoms with van der Waals surface area (Å²) >= 11 is 0. The molecule has 0 atom stereocenters. The Bertz CT molecular complexity index is 747. The molecule has 130 valence electrons. The molecule has 0 amide bonds. The first-order valence-electron chi connectivity index (χ1n) is 8.69. The fourth-order valence-corrected chi connectivity index (χ4v) is 3.04. The van der Waals surface area contributed by atoms with E-state index in [-0.39, 0.29) is 5.78 Å². The number of nitrogens with zero attached hydrogens (tertiary/aromatic N) is 2. The summed E-state index contributed by atoms with van der Waals surface area (Å²) in [4.78, 5) is 16.8. The number of carbonyl (C=O) groups is 1. The molecule has 0 radical (unpaired) electrons. The van der Waals surface area contributed by atoms with E-state index in [0.717, 1.165) is 37.4 Å². The number of allylic oxidation sites excluding steroid dienone is 1. The SMILES string of the molecule is CN(C)c1cc(N2CCNCC2)ccc1/C=C/C(=O)c1ccccc1. The Morgan fingerprint density at radius 3 is 2.48 bits per heavy atom. The number of benzene rings is 2. The van der Waals surface area contributed by atoms with Gasteiger partial charge in [0.2, 0.25) is 0 Å². The smallest absolute Gasteiger partial charge is 0.185 e. The standard InChI is InChI=1S/C21H25N3O/c1-23(2)20-16-19(24-14-12-22-13-15-24)10-8-17(20)9-11-21(25)18-6-4-3-5-7-18/h3-11,16,22H,12-15H2,1-2H3/b11-9+. The molecule has 0 bridgehead atoms. The van der Waals surface area contributed by atoms with Crippen molar-refractivity contribution in [3.05, 3.63) is 65.7 Å². The summed E-state index contributed by atoms with van der Waals surface area (Å²) in [6.07, 6.45) is 3.56. The number of anilines is 2. The largest absolute Gasteiger partial charge is 0.377 e. The second-order valence-corrected chi connectivity index (χ2v) is 6.44. The van der Waals surface area contributed by atoms with Crippen molar-refractivity contribution in [3.8, 4) is 0 Å². The van der Waals surface area contributed by atoms with Crippen LogP contribution < -0.4 is 15.1 Å². The molecule has 1 heterocycles. The van der Waals surface area contributed by atoms with Crippen LogP contribution in [0.4, 0.5) is 11.4 Å². The third-order valence-corrected chi connectivity index (χ3v) is 4.45. The topological polar surface area (TPSA) is 35.6 Å². The molecule has 0 aromatic heterocycles. The zero-order chi connectivity index (χ0) is 17.6. The maximum absolute atomic E-state index is 12.3. The molecule has 1 aliphatic heterocycles. The van der Waals surface area contributed by atoms with Crippen molar-refractivity contribution in [2.45, 2.75) is 0 Å². The number of rotatable bonds is 5. The Balaban J connectivity index is 1.83. The number of hydrogen-bond donors (Lipinski definition) is 1. The summed E-state index contributed by atoms with van der Waals surface area (Å²) < 4.78 is 0. The van der Waals surface area contributed by atoms with Gasteiger partial charge in [-0.15, -0.1) is 0 Å². The summed E-state index contributed by atoms with van der Waals surface area (Å²) in [5.41, 5.74) is 4.11. The molecule has 0 saturated carbocycles. The molecule has 0 aliphatic carbocycles. The van der Waals surface area contributed by atoms with Crippen molar-refractivity contribution in [1.29, 1.82) is 0 Å². The van der Waals surface area contributed by atoms with E-state index in [4.69, 9.17) is 0 Å². The van der Waals surface area contributed by atoms with Gasteiger partial charge in [-0.05, 0) is 29.8 Å². The number of hydrogen-bond acceptors (Lipinski definition) is 4. The lowest BCUT2D eigenvalue weighted by molar-refractivity contribution is 0.104. The third kappa shape index (κ3) is 4.28. The lowest BCUT2D eigenvalue weighted by Crippen LogP contribution is -2.43. The number of carbonyl (C=O) groups excluding carboxylic acids is 1. The van der Waals surface area contributed by atoms with Crippen molar-refractivity contribution in [2.75, 3.05) is 50.1 Å². The molecule has 4 nitrogen and oxygen atoms in total. The van der Waals surface area contributed by atoms with Gasteiger partial charge in [0.25, 0.3) is 0 Å². The highest BCUT2D eigenvalue weighted by molar-refractivity contribution is 6.07. The summed E-state index contributed by atoms with van der Waals surface area (Å²) in [6.45, 7) is 4.08. The minimum absolute atomic E-state index is 0.0245. The maximum atomic E-state index is 12.3. The van der Waals surface area contributed by atoms with E-state index in [1.54, 1.807) is 6.08 Å². The maximum Gasteiger partial charge on any atom is 0.185 e. The van der Waals surface area contributed by atoms with Crippen molar-refractivity contribution in [2.24, 2.45) is 0 Å². The van der Waals surface area contributed by atoms with Crippen LogP contribution in [0.5, 0.6) is 0 Å². The van der Waals surface area contributed by atoms with Crippen molar-refractivity contribution >= 4 is 23.2 Å². The fourth-order valence-electron chi connectivity index (χ4n) is 3.04. The van der Waals surface area contributed by atoms with E-state index in [1.165, 1.54) is 5.69 Å². The van der Waals surface area contributed by atoms with Gasteiger partial charge in [-0.1, -0.05) is 36.4 Å². The van der Waals surface area contributed by atoms with Crippen LogP contribution in [0.15, 0.2) is 54.6 Å².